The van der Waals surface area contributed by atoms with Gasteiger partial charge in [0.15, 0.2) is 5.82 Å². The zero-order valence-corrected chi connectivity index (χ0v) is 18.9. The van der Waals surface area contributed by atoms with E-state index < -0.39 is 29.9 Å². The molecule has 8 nitrogen and oxygen atoms in total. The summed E-state index contributed by atoms with van der Waals surface area (Å²) in [5.74, 6) is -0.587. The summed E-state index contributed by atoms with van der Waals surface area (Å²) in [5.41, 5.74) is 0.281. The number of halogens is 2. The zero-order chi connectivity index (χ0) is 24.5. The largest absolute Gasteiger partial charge is 0.487 e. The van der Waals surface area contributed by atoms with Crippen molar-refractivity contribution in [3.63, 3.8) is 0 Å². The van der Waals surface area contributed by atoms with Crippen molar-refractivity contribution in [1.29, 1.82) is 0 Å². The molecule has 1 aromatic heterocycles. The van der Waals surface area contributed by atoms with Crippen LogP contribution in [0.5, 0.6) is 17.2 Å². The van der Waals surface area contributed by atoms with Gasteiger partial charge in [0.1, 0.15) is 35.3 Å². The number of amides is 2. The van der Waals surface area contributed by atoms with Gasteiger partial charge in [0.25, 0.3) is 11.8 Å². The maximum absolute atomic E-state index is 14.5. The summed E-state index contributed by atoms with van der Waals surface area (Å²) in [6, 6.07) is 8.61. The first-order valence-corrected chi connectivity index (χ1v) is 10.6. The lowest BCUT2D eigenvalue weighted by Crippen LogP contribution is -2.26. The first-order chi connectivity index (χ1) is 16.1. The van der Waals surface area contributed by atoms with Crippen molar-refractivity contribution in [2.24, 2.45) is 7.05 Å². The van der Waals surface area contributed by atoms with Crippen molar-refractivity contribution in [1.82, 2.24) is 15.1 Å². The van der Waals surface area contributed by atoms with Gasteiger partial charge in [-0.05, 0) is 38.1 Å². The van der Waals surface area contributed by atoms with E-state index >= 15 is 0 Å². The van der Waals surface area contributed by atoms with Gasteiger partial charge in [-0.2, -0.15) is 5.10 Å². The SMILES string of the molecule is Cn1ccc(NC(=O)c2cc(Oc3ccc(C(=O)NCCF)c(F)c3)c3c(c2)OC(C)(C)C3)n1. The quantitative estimate of drug-likeness (QED) is 0.544. The van der Waals surface area contributed by atoms with Crippen LogP contribution in [0, 0.1) is 5.82 Å². The summed E-state index contributed by atoms with van der Waals surface area (Å²) < 4.78 is 40.3. The fraction of sp³-hybridized carbons (Fsp3) is 0.292. The Hall–Kier alpha value is -3.95. The van der Waals surface area contributed by atoms with Crippen molar-refractivity contribution < 1.29 is 27.8 Å². The highest BCUT2D eigenvalue weighted by Gasteiger charge is 2.34. The molecule has 1 aliphatic heterocycles. The first kappa shape index (κ1) is 23.2. The number of alkyl halides is 1. The minimum absolute atomic E-state index is 0.133. The number of hydrogen-bond donors (Lipinski definition) is 2. The second kappa shape index (κ2) is 9.12. The topological polar surface area (TPSA) is 94.5 Å². The van der Waals surface area contributed by atoms with E-state index in [-0.39, 0.29) is 23.4 Å². The fourth-order valence-electron chi connectivity index (χ4n) is 3.66. The molecule has 1 aliphatic rings. The van der Waals surface area contributed by atoms with Crippen molar-refractivity contribution in [3.8, 4) is 17.2 Å². The number of aryl methyl sites for hydroxylation is 1. The van der Waals surface area contributed by atoms with Gasteiger partial charge >= 0.3 is 0 Å². The lowest BCUT2D eigenvalue weighted by Gasteiger charge is -2.16. The van der Waals surface area contributed by atoms with E-state index in [9.17, 15) is 18.4 Å². The molecule has 0 spiro atoms. The molecule has 0 atom stereocenters. The molecule has 2 amide bonds. The molecule has 2 heterocycles. The second-order valence-electron chi connectivity index (χ2n) is 8.51. The van der Waals surface area contributed by atoms with Gasteiger partial charge in [-0.1, -0.05) is 0 Å². The van der Waals surface area contributed by atoms with Crippen LogP contribution in [0.2, 0.25) is 0 Å². The maximum atomic E-state index is 14.5. The lowest BCUT2D eigenvalue weighted by molar-refractivity contribution is 0.0946. The molecule has 34 heavy (non-hydrogen) atoms. The number of nitrogens with zero attached hydrogens (tertiary/aromatic N) is 2. The second-order valence-corrected chi connectivity index (χ2v) is 8.51. The Morgan fingerprint density at radius 2 is 2.00 bits per heavy atom. The van der Waals surface area contributed by atoms with Gasteiger partial charge < -0.3 is 20.1 Å². The smallest absolute Gasteiger partial charge is 0.257 e. The van der Waals surface area contributed by atoms with E-state index in [1.165, 1.54) is 12.1 Å². The Balaban J connectivity index is 1.63. The Morgan fingerprint density at radius 3 is 2.68 bits per heavy atom. The van der Waals surface area contributed by atoms with E-state index in [0.717, 1.165) is 11.6 Å². The molecule has 0 saturated carbocycles. The van der Waals surface area contributed by atoms with E-state index in [1.807, 2.05) is 13.8 Å². The van der Waals surface area contributed by atoms with E-state index in [4.69, 9.17) is 9.47 Å². The molecule has 2 N–H and O–H groups in total. The lowest BCUT2D eigenvalue weighted by atomic mass is 9.99. The van der Waals surface area contributed by atoms with Gasteiger partial charge in [0, 0.05) is 49.5 Å². The van der Waals surface area contributed by atoms with Crippen LogP contribution in [-0.2, 0) is 13.5 Å². The maximum Gasteiger partial charge on any atom is 0.257 e. The molecule has 0 unspecified atom stereocenters. The number of aromatic nitrogens is 2. The third-order valence-electron chi connectivity index (χ3n) is 5.17. The highest BCUT2D eigenvalue weighted by molar-refractivity contribution is 6.04. The monoisotopic (exact) mass is 470 g/mol. The summed E-state index contributed by atoms with van der Waals surface area (Å²) in [6.07, 6.45) is 2.22. The number of fused-ring (bicyclic) bond motifs is 1. The van der Waals surface area contributed by atoms with Gasteiger partial charge in [0.05, 0.1) is 5.56 Å². The molecule has 2 aromatic carbocycles. The van der Waals surface area contributed by atoms with Crippen molar-refractivity contribution >= 4 is 17.6 Å². The summed E-state index contributed by atoms with van der Waals surface area (Å²) in [4.78, 5) is 24.8. The number of anilines is 1. The van der Waals surface area contributed by atoms with Crippen molar-refractivity contribution in [2.45, 2.75) is 25.9 Å². The minimum Gasteiger partial charge on any atom is -0.487 e. The van der Waals surface area contributed by atoms with Gasteiger partial charge in [-0.3, -0.25) is 14.3 Å². The molecule has 0 aliphatic carbocycles. The van der Waals surface area contributed by atoms with Crippen LogP contribution in [-0.4, -0.2) is 40.4 Å². The summed E-state index contributed by atoms with van der Waals surface area (Å²) in [5, 5.41) is 9.14. The number of carbonyl (C=O) groups excluding carboxylic acids is 2. The minimum atomic E-state index is -0.814. The molecule has 10 heteroatoms. The van der Waals surface area contributed by atoms with Gasteiger partial charge in [-0.15, -0.1) is 0 Å². The third kappa shape index (κ3) is 5.00. The number of ether oxygens (including phenoxy) is 2. The van der Waals surface area contributed by atoms with Crippen LogP contribution < -0.4 is 20.1 Å². The van der Waals surface area contributed by atoms with E-state index in [0.29, 0.717) is 23.7 Å². The van der Waals surface area contributed by atoms with Crippen LogP contribution in [0.3, 0.4) is 0 Å². The number of benzene rings is 2. The highest BCUT2D eigenvalue weighted by atomic mass is 19.1. The number of nitrogens with one attached hydrogen (secondary N) is 2. The first-order valence-electron chi connectivity index (χ1n) is 10.6. The van der Waals surface area contributed by atoms with Crippen LogP contribution >= 0.6 is 0 Å². The van der Waals surface area contributed by atoms with Crippen LogP contribution in [0.4, 0.5) is 14.6 Å². The normalized spacial score (nSPS) is 13.7. The third-order valence-corrected chi connectivity index (χ3v) is 5.17. The standard InChI is InChI=1S/C24H24F2N4O4/c1-24(2)13-17-19(33-15-4-5-16(18(26)12-15)23(32)27-8-7-25)10-14(11-20(17)34-24)22(31)28-21-6-9-30(3)29-21/h4-6,9-12H,7-8,13H2,1-3H3,(H,27,32)(H,28,29,31). The Morgan fingerprint density at radius 1 is 1.21 bits per heavy atom. The molecule has 4 rings (SSSR count). The molecule has 0 bridgehead atoms. The summed E-state index contributed by atoms with van der Waals surface area (Å²) in [6.45, 7) is 2.87. The average molecular weight is 470 g/mol. The molecule has 0 saturated heterocycles. The zero-order valence-electron chi connectivity index (χ0n) is 18.9. The van der Waals surface area contributed by atoms with E-state index in [1.54, 1.807) is 36.1 Å². The van der Waals surface area contributed by atoms with Crippen molar-refractivity contribution in [3.05, 3.63) is 65.1 Å². The molecule has 178 valence electrons. The van der Waals surface area contributed by atoms with Crippen molar-refractivity contribution in [2.75, 3.05) is 18.5 Å². The Labute approximate surface area is 194 Å². The Bertz CT molecular complexity index is 1260. The Kier molecular flexibility index (Phi) is 6.23. The molecule has 3 aromatic rings. The predicted octanol–water partition coefficient (Wildman–Crippen LogP) is 4.02. The number of rotatable bonds is 7. The highest BCUT2D eigenvalue weighted by Crippen LogP contribution is 2.43. The molecular weight excluding hydrogens is 446 g/mol. The number of carbonyl (C=O) groups is 2. The molecule has 0 radical (unpaired) electrons. The summed E-state index contributed by atoms with van der Waals surface area (Å²) >= 11 is 0. The molecule has 0 fully saturated rings. The van der Waals surface area contributed by atoms with Crippen LogP contribution in [0.1, 0.15) is 40.1 Å². The van der Waals surface area contributed by atoms with E-state index in [2.05, 4.69) is 15.7 Å². The number of hydrogen-bond acceptors (Lipinski definition) is 5. The van der Waals surface area contributed by atoms with Gasteiger partial charge in [-0.25, -0.2) is 8.78 Å². The van der Waals surface area contributed by atoms with Crippen LogP contribution in [0.15, 0.2) is 42.6 Å². The average Bonchev–Trinajstić information content (AvgIpc) is 3.32. The fourth-order valence-corrected chi connectivity index (χ4v) is 3.66. The van der Waals surface area contributed by atoms with Gasteiger partial charge in [0.2, 0.25) is 0 Å². The van der Waals surface area contributed by atoms with Crippen LogP contribution in [0.25, 0.3) is 0 Å². The summed E-state index contributed by atoms with van der Waals surface area (Å²) in [7, 11) is 1.74. The predicted molar refractivity (Wildman–Crippen MR) is 121 cm³/mol. The molecular formula is C24H24F2N4O4.